The highest BCUT2D eigenvalue weighted by molar-refractivity contribution is 6.30. The average Bonchev–Trinajstić information content (AvgIpc) is 2.39. The number of halogens is 2. The lowest BCUT2D eigenvalue weighted by molar-refractivity contribution is 0.0527. The second-order valence-corrected chi connectivity index (χ2v) is 6.54. The standard InChI is InChI=1S/C16H24ClFN2O2/c1-11(12-6-7-14(18)13(17)10-12)19-8-5-9-20-15(21)22-16(2,3)4/h6-7,10-11,19H,5,8-9H2,1-4H3,(H,20,21). The van der Waals surface area contributed by atoms with Gasteiger partial charge in [0.25, 0.3) is 0 Å². The fourth-order valence-corrected chi connectivity index (χ4v) is 2.00. The van der Waals surface area contributed by atoms with E-state index in [2.05, 4.69) is 10.6 Å². The van der Waals surface area contributed by atoms with Gasteiger partial charge in [-0.15, -0.1) is 0 Å². The van der Waals surface area contributed by atoms with Gasteiger partial charge in [0.2, 0.25) is 0 Å². The van der Waals surface area contributed by atoms with Crippen molar-refractivity contribution in [1.29, 1.82) is 0 Å². The molecule has 0 radical (unpaired) electrons. The lowest BCUT2D eigenvalue weighted by atomic mass is 10.1. The van der Waals surface area contributed by atoms with Crippen LogP contribution in [0.2, 0.25) is 5.02 Å². The van der Waals surface area contributed by atoms with Crippen LogP contribution in [0.3, 0.4) is 0 Å². The summed E-state index contributed by atoms with van der Waals surface area (Å²) in [6, 6.07) is 4.74. The van der Waals surface area contributed by atoms with Crippen LogP contribution in [-0.2, 0) is 4.74 Å². The first kappa shape index (κ1) is 18.7. The Morgan fingerprint density at radius 2 is 2.05 bits per heavy atom. The van der Waals surface area contributed by atoms with Crippen LogP contribution in [0.25, 0.3) is 0 Å². The molecule has 1 atom stereocenters. The molecule has 0 aliphatic rings. The van der Waals surface area contributed by atoms with Gasteiger partial charge in [0, 0.05) is 12.6 Å². The van der Waals surface area contributed by atoms with Gasteiger partial charge in [-0.2, -0.15) is 0 Å². The fourth-order valence-electron chi connectivity index (χ4n) is 1.81. The van der Waals surface area contributed by atoms with Crippen LogP contribution < -0.4 is 10.6 Å². The number of nitrogens with one attached hydrogen (secondary N) is 2. The van der Waals surface area contributed by atoms with E-state index >= 15 is 0 Å². The lowest BCUT2D eigenvalue weighted by Crippen LogP contribution is -2.34. The number of hydrogen-bond donors (Lipinski definition) is 2. The molecular weight excluding hydrogens is 307 g/mol. The molecule has 4 nitrogen and oxygen atoms in total. The van der Waals surface area contributed by atoms with Crippen molar-refractivity contribution in [2.24, 2.45) is 0 Å². The van der Waals surface area contributed by atoms with Crippen LogP contribution in [0.5, 0.6) is 0 Å². The Morgan fingerprint density at radius 3 is 2.64 bits per heavy atom. The average molecular weight is 331 g/mol. The van der Waals surface area contributed by atoms with Crippen LogP contribution in [0.4, 0.5) is 9.18 Å². The van der Waals surface area contributed by atoms with Crippen molar-refractivity contribution in [3.63, 3.8) is 0 Å². The van der Waals surface area contributed by atoms with E-state index in [1.54, 1.807) is 12.1 Å². The second-order valence-electron chi connectivity index (χ2n) is 6.13. The number of carbonyl (C=O) groups excluding carboxylic acids is 1. The normalized spacial score (nSPS) is 12.8. The van der Waals surface area contributed by atoms with Crippen molar-refractivity contribution in [2.45, 2.75) is 45.8 Å². The van der Waals surface area contributed by atoms with Crippen LogP contribution in [-0.4, -0.2) is 24.8 Å². The summed E-state index contributed by atoms with van der Waals surface area (Å²) in [6.45, 7) is 8.69. The number of carbonyl (C=O) groups is 1. The van der Waals surface area contributed by atoms with Gasteiger partial charge < -0.3 is 15.4 Å². The summed E-state index contributed by atoms with van der Waals surface area (Å²) >= 11 is 5.77. The topological polar surface area (TPSA) is 50.4 Å². The minimum absolute atomic E-state index is 0.0552. The first-order chi connectivity index (χ1) is 10.2. The molecule has 1 aromatic carbocycles. The third kappa shape index (κ3) is 7.09. The maximum absolute atomic E-state index is 13.1. The third-order valence-electron chi connectivity index (χ3n) is 2.92. The monoisotopic (exact) mass is 330 g/mol. The number of alkyl carbamates (subject to hydrolysis) is 1. The molecule has 1 aromatic rings. The van der Waals surface area contributed by atoms with Gasteiger partial charge in [-0.25, -0.2) is 9.18 Å². The molecule has 6 heteroatoms. The van der Waals surface area contributed by atoms with E-state index in [4.69, 9.17) is 16.3 Å². The molecule has 0 spiro atoms. The zero-order valence-electron chi connectivity index (χ0n) is 13.5. The van der Waals surface area contributed by atoms with Crippen LogP contribution in [0.15, 0.2) is 18.2 Å². The number of hydrogen-bond acceptors (Lipinski definition) is 3. The van der Waals surface area contributed by atoms with E-state index in [1.165, 1.54) is 6.07 Å². The maximum atomic E-state index is 13.1. The van der Waals surface area contributed by atoms with Crippen molar-refractivity contribution in [3.8, 4) is 0 Å². The predicted octanol–water partition coefficient (Wildman–Crippen LogP) is 4.04. The second kappa shape index (κ2) is 8.34. The first-order valence-electron chi connectivity index (χ1n) is 7.34. The molecule has 1 amide bonds. The van der Waals surface area contributed by atoms with Crippen molar-refractivity contribution < 1.29 is 13.9 Å². The Labute approximate surface area is 136 Å². The summed E-state index contributed by atoms with van der Waals surface area (Å²) in [6.07, 6.45) is 0.351. The largest absolute Gasteiger partial charge is 0.444 e. The van der Waals surface area contributed by atoms with E-state index < -0.39 is 17.5 Å². The zero-order chi connectivity index (χ0) is 16.8. The quantitative estimate of drug-likeness (QED) is 0.774. The lowest BCUT2D eigenvalue weighted by Gasteiger charge is -2.20. The van der Waals surface area contributed by atoms with Gasteiger partial charge in [-0.3, -0.25) is 0 Å². The number of ether oxygens (including phenoxy) is 1. The molecule has 0 bridgehead atoms. The number of amides is 1. The van der Waals surface area contributed by atoms with Crippen molar-refractivity contribution in [2.75, 3.05) is 13.1 Å². The molecule has 22 heavy (non-hydrogen) atoms. The Bertz CT molecular complexity index is 503. The highest BCUT2D eigenvalue weighted by atomic mass is 35.5. The highest BCUT2D eigenvalue weighted by Gasteiger charge is 2.15. The summed E-state index contributed by atoms with van der Waals surface area (Å²) in [4.78, 5) is 11.4. The van der Waals surface area contributed by atoms with Crippen LogP contribution in [0.1, 0.15) is 45.7 Å². The molecule has 1 rings (SSSR count). The van der Waals surface area contributed by atoms with E-state index in [0.717, 1.165) is 12.0 Å². The SMILES string of the molecule is CC(NCCCNC(=O)OC(C)(C)C)c1ccc(F)c(Cl)c1. The maximum Gasteiger partial charge on any atom is 0.407 e. The molecule has 0 aliphatic carbocycles. The summed E-state index contributed by atoms with van der Waals surface area (Å²) in [5.41, 5.74) is 0.435. The summed E-state index contributed by atoms with van der Waals surface area (Å²) in [7, 11) is 0. The van der Waals surface area contributed by atoms with Gasteiger partial charge >= 0.3 is 6.09 Å². The summed E-state index contributed by atoms with van der Waals surface area (Å²) in [5, 5.41) is 6.11. The molecule has 0 fully saturated rings. The number of rotatable bonds is 6. The molecule has 124 valence electrons. The molecule has 1 unspecified atom stereocenters. The Hall–Kier alpha value is -1.33. The summed E-state index contributed by atoms with van der Waals surface area (Å²) < 4.78 is 18.2. The smallest absolute Gasteiger partial charge is 0.407 e. The minimum atomic E-state index is -0.487. The van der Waals surface area contributed by atoms with Crippen molar-refractivity contribution >= 4 is 17.7 Å². The Morgan fingerprint density at radius 1 is 1.36 bits per heavy atom. The van der Waals surface area contributed by atoms with Gasteiger partial charge in [-0.1, -0.05) is 17.7 Å². The molecular formula is C16H24ClFN2O2. The van der Waals surface area contributed by atoms with Gasteiger partial charge in [0.05, 0.1) is 5.02 Å². The molecule has 0 heterocycles. The van der Waals surface area contributed by atoms with E-state index in [0.29, 0.717) is 13.1 Å². The number of benzene rings is 1. The molecule has 2 N–H and O–H groups in total. The Balaban J connectivity index is 2.24. The van der Waals surface area contributed by atoms with Crippen molar-refractivity contribution in [1.82, 2.24) is 10.6 Å². The van der Waals surface area contributed by atoms with E-state index in [9.17, 15) is 9.18 Å². The van der Waals surface area contributed by atoms with Gasteiger partial charge in [0.15, 0.2) is 0 Å². The Kier molecular flexibility index (Phi) is 7.10. The minimum Gasteiger partial charge on any atom is -0.444 e. The van der Waals surface area contributed by atoms with Crippen molar-refractivity contribution in [3.05, 3.63) is 34.6 Å². The third-order valence-corrected chi connectivity index (χ3v) is 3.21. The fraction of sp³-hybridized carbons (Fsp3) is 0.562. The molecule has 0 saturated heterocycles. The van der Waals surface area contributed by atoms with E-state index in [1.807, 2.05) is 27.7 Å². The molecule has 0 saturated carbocycles. The summed E-state index contributed by atoms with van der Waals surface area (Å²) in [5.74, 6) is -0.417. The highest BCUT2D eigenvalue weighted by Crippen LogP contribution is 2.20. The molecule has 0 aliphatic heterocycles. The van der Waals surface area contributed by atoms with Gasteiger partial charge in [0.1, 0.15) is 11.4 Å². The van der Waals surface area contributed by atoms with Crippen LogP contribution in [0, 0.1) is 5.82 Å². The zero-order valence-corrected chi connectivity index (χ0v) is 14.3. The predicted molar refractivity (Wildman–Crippen MR) is 86.7 cm³/mol. The van der Waals surface area contributed by atoms with E-state index in [-0.39, 0.29) is 11.1 Å². The molecule has 0 aromatic heterocycles. The van der Waals surface area contributed by atoms with Gasteiger partial charge in [-0.05, 0) is 58.4 Å². The first-order valence-corrected chi connectivity index (χ1v) is 7.72. The van der Waals surface area contributed by atoms with Crippen LogP contribution >= 0.6 is 11.6 Å².